The Labute approximate surface area is 152 Å². The summed E-state index contributed by atoms with van der Waals surface area (Å²) < 4.78 is 32.3. The third kappa shape index (κ3) is 3.12. The fourth-order valence-electron chi connectivity index (χ4n) is 3.26. The molecule has 8 nitrogen and oxygen atoms in total. The number of hydrogen-bond donors (Lipinski definition) is 1. The molecule has 140 valence electrons. The van der Waals surface area contributed by atoms with E-state index < -0.39 is 10.0 Å². The summed E-state index contributed by atoms with van der Waals surface area (Å²) in [5, 5.41) is 14.8. The summed E-state index contributed by atoms with van der Waals surface area (Å²) in [5.74, 6) is 0. The summed E-state index contributed by atoms with van der Waals surface area (Å²) in [6.07, 6.45) is 1.46. The van der Waals surface area contributed by atoms with Gasteiger partial charge in [0, 0.05) is 19.3 Å². The summed E-state index contributed by atoms with van der Waals surface area (Å²) in [6.45, 7) is 7.94. The Morgan fingerprint density at radius 3 is 2.46 bits per heavy atom. The van der Waals surface area contributed by atoms with Crippen LogP contribution in [0.2, 0.25) is 0 Å². The molecule has 26 heavy (non-hydrogen) atoms. The molecule has 0 fully saturated rings. The van der Waals surface area contributed by atoms with Crippen LogP contribution < -0.4 is 0 Å². The van der Waals surface area contributed by atoms with Crippen molar-refractivity contribution in [2.24, 2.45) is 0 Å². The summed E-state index contributed by atoms with van der Waals surface area (Å²) in [7, 11) is -2.11. The van der Waals surface area contributed by atoms with Crippen molar-refractivity contribution in [1.82, 2.24) is 24.8 Å². The maximum Gasteiger partial charge on any atom is 0.245 e. The van der Waals surface area contributed by atoms with Crippen molar-refractivity contribution in [3.05, 3.63) is 34.1 Å². The van der Waals surface area contributed by atoms with E-state index in [0.29, 0.717) is 24.0 Å². The number of nitrogens with one attached hydrogen (secondary N) is 1. The number of H-pyrrole nitrogens is 1. The van der Waals surface area contributed by atoms with E-state index in [1.54, 1.807) is 20.0 Å². The van der Waals surface area contributed by atoms with Gasteiger partial charge in [0.05, 0.1) is 5.69 Å². The van der Waals surface area contributed by atoms with Crippen molar-refractivity contribution in [1.29, 1.82) is 0 Å². The van der Waals surface area contributed by atoms with Gasteiger partial charge in [-0.2, -0.15) is 5.10 Å². The van der Waals surface area contributed by atoms with Crippen molar-refractivity contribution < 1.29 is 13.0 Å². The van der Waals surface area contributed by atoms with Crippen molar-refractivity contribution in [3.8, 4) is 0 Å². The van der Waals surface area contributed by atoms with Gasteiger partial charge in [0.25, 0.3) is 0 Å². The lowest BCUT2D eigenvalue weighted by Crippen LogP contribution is -2.29. The first-order valence-corrected chi connectivity index (χ1v) is 9.86. The number of aryl methyl sites for hydroxylation is 4. The molecule has 0 saturated heterocycles. The predicted octanol–water partition coefficient (Wildman–Crippen LogP) is 2.43. The molecule has 1 aromatic carbocycles. The van der Waals surface area contributed by atoms with Crippen molar-refractivity contribution >= 4 is 21.1 Å². The lowest BCUT2D eigenvalue weighted by molar-refractivity contribution is 0.315. The van der Waals surface area contributed by atoms with E-state index >= 15 is 0 Å². The van der Waals surface area contributed by atoms with Gasteiger partial charge in [-0.25, -0.2) is 17.4 Å². The van der Waals surface area contributed by atoms with Crippen molar-refractivity contribution in [2.75, 3.05) is 13.6 Å². The Morgan fingerprint density at radius 1 is 1.12 bits per heavy atom. The van der Waals surface area contributed by atoms with Gasteiger partial charge >= 0.3 is 0 Å². The second-order valence-corrected chi connectivity index (χ2v) is 8.63. The highest BCUT2D eigenvalue weighted by atomic mass is 32.2. The first-order chi connectivity index (χ1) is 12.2. The molecule has 0 aliphatic heterocycles. The van der Waals surface area contributed by atoms with Gasteiger partial charge in [-0.05, 0) is 67.5 Å². The molecule has 3 aromatic rings. The summed E-state index contributed by atoms with van der Waals surface area (Å²) in [4.78, 5) is 0.164. The number of aromatic nitrogens is 4. The van der Waals surface area contributed by atoms with Gasteiger partial charge in [0.2, 0.25) is 10.0 Å². The van der Waals surface area contributed by atoms with E-state index in [9.17, 15) is 8.42 Å². The largest absolute Gasteiger partial charge is 0.282 e. The fraction of sp³-hybridized carbons (Fsp3) is 0.471. The molecule has 0 amide bonds. The highest BCUT2D eigenvalue weighted by Gasteiger charge is 2.28. The maximum atomic E-state index is 13.1. The predicted molar refractivity (Wildman–Crippen MR) is 97.5 cm³/mol. The Hall–Kier alpha value is -2.26. The van der Waals surface area contributed by atoms with Gasteiger partial charge < -0.3 is 0 Å². The molecule has 0 atom stereocenters. The average molecular weight is 377 g/mol. The molecule has 0 bridgehead atoms. The van der Waals surface area contributed by atoms with E-state index in [1.807, 2.05) is 20.8 Å². The van der Waals surface area contributed by atoms with Crippen molar-refractivity contribution in [2.45, 2.75) is 45.4 Å². The third-order valence-corrected chi connectivity index (χ3v) is 6.75. The third-order valence-electron chi connectivity index (χ3n) is 4.72. The van der Waals surface area contributed by atoms with E-state index in [1.165, 1.54) is 4.31 Å². The summed E-state index contributed by atoms with van der Waals surface area (Å²) in [6, 6.07) is 1.80. The zero-order chi connectivity index (χ0) is 19.1. The molecule has 0 saturated carbocycles. The standard InChI is InChI=1S/C17H23N5O3S/c1-10-9-11(2)17(16-15(10)20-25-21-16)26(23,24)22(5)8-6-7-14-12(3)18-19-13(14)4/h9H,6-8H2,1-5H3,(H,18,19). The monoisotopic (exact) mass is 377 g/mol. The normalized spacial score (nSPS) is 12.4. The SMILES string of the molecule is Cc1cc(C)c2nonc2c1S(=O)(=O)N(C)CCCc1c(C)n[nH]c1C. The van der Waals surface area contributed by atoms with Crippen LogP contribution in [0.4, 0.5) is 0 Å². The van der Waals surface area contributed by atoms with Gasteiger partial charge in [-0.15, -0.1) is 0 Å². The second-order valence-electron chi connectivity index (χ2n) is 6.64. The molecule has 0 radical (unpaired) electrons. The number of nitrogens with zero attached hydrogens (tertiary/aromatic N) is 4. The van der Waals surface area contributed by atoms with Gasteiger partial charge in [0.1, 0.15) is 10.4 Å². The number of hydrogen-bond acceptors (Lipinski definition) is 6. The molecular formula is C17H23N5O3S. The minimum Gasteiger partial charge on any atom is -0.282 e. The Kier molecular flexibility index (Phi) is 4.85. The summed E-state index contributed by atoms with van der Waals surface area (Å²) >= 11 is 0. The number of benzene rings is 1. The molecule has 0 unspecified atom stereocenters. The van der Waals surface area contributed by atoms with Crippen LogP contribution in [0, 0.1) is 27.7 Å². The molecule has 0 spiro atoms. The average Bonchev–Trinajstić information content (AvgIpc) is 3.16. The quantitative estimate of drug-likeness (QED) is 0.707. The number of rotatable bonds is 6. The Bertz CT molecular complexity index is 1030. The highest BCUT2D eigenvalue weighted by molar-refractivity contribution is 7.89. The van der Waals surface area contributed by atoms with Crippen LogP contribution in [0.25, 0.3) is 11.0 Å². The smallest absolute Gasteiger partial charge is 0.245 e. The van der Waals surface area contributed by atoms with Crippen molar-refractivity contribution in [3.63, 3.8) is 0 Å². The second kappa shape index (κ2) is 6.81. The van der Waals surface area contributed by atoms with Crippen LogP contribution in [0.1, 0.15) is 34.5 Å². The number of fused-ring (bicyclic) bond motifs is 1. The summed E-state index contributed by atoms with van der Waals surface area (Å²) in [5.41, 5.74) is 5.37. The molecule has 9 heteroatoms. The topological polar surface area (TPSA) is 105 Å². The Balaban J connectivity index is 1.83. The van der Waals surface area contributed by atoms with Crippen LogP contribution in [0.5, 0.6) is 0 Å². The first kappa shape index (κ1) is 18.5. The molecule has 2 aromatic heterocycles. The van der Waals surface area contributed by atoms with Crippen LogP contribution in [0.3, 0.4) is 0 Å². The molecule has 0 aliphatic carbocycles. The fourth-order valence-corrected chi connectivity index (χ4v) is 4.79. The lowest BCUT2D eigenvalue weighted by Gasteiger charge is -2.19. The van der Waals surface area contributed by atoms with E-state index in [2.05, 4.69) is 20.5 Å². The van der Waals surface area contributed by atoms with Gasteiger partial charge in [-0.1, -0.05) is 6.07 Å². The number of sulfonamides is 1. The molecule has 0 aliphatic rings. The molecular weight excluding hydrogens is 354 g/mol. The number of aromatic amines is 1. The first-order valence-electron chi connectivity index (χ1n) is 8.42. The molecule has 1 N–H and O–H groups in total. The van der Waals surface area contributed by atoms with Gasteiger partial charge in [0.15, 0.2) is 5.52 Å². The molecule has 3 rings (SSSR count). The van der Waals surface area contributed by atoms with Crippen LogP contribution in [-0.4, -0.2) is 46.8 Å². The van der Waals surface area contributed by atoms with E-state index in [4.69, 9.17) is 4.63 Å². The highest BCUT2D eigenvalue weighted by Crippen LogP contribution is 2.29. The zero-order valence-electron chi connectivity index (χ0n) is 15.6. The van der Waals surface area contributed by atoms with E-state index in [-0.39, 0.29) is 10.4 Å². The van der Waals surface area contributed by atoms with Crippen LogP contribution >= 0.6 is 0 Å². The zero-order valence-corrected chi connectivity index (χ0v) is 16.4. The minimum atomic E-state index is -3.70. The van der Waals surface area contributed by atoms with E-state index in [0.717, 1.165) is 28.9 Å². The maximum absolute atomic E-state index is 13.1. The minimum absolute atomic E-state index is 0.164. The Morgan fingerprint density at radius 2 is 1.81 bits per heavy atom. The van der Waals surface area contributed by atoms with Crippen LogP contribution in [-0.2, 0) is 16.4 Å². The lowest BCUT2D eigenvalue weighted by atomic mass is 10.1. The molecule has 2 heterocycles. The van der Waals surface area contributed by atoms with Crippen LogP contribution in [0.15, 0.2) is 15.6 Å². The van der Waals surface area contributed by atoms with Gasteiger partial charge in [-0.3, -0.25) is 5.10 Å².